The minimum absolute atomic E-state index is 0.223. The van der Waals surface area contributed by atoms with E-state index in [0.29, 0.717) is 41.8 Å². The van der Waals surface area contributed by atoms with E-state index in [1.165, 1.54) is 33.7 Å². The molecular weight excluding hydrogens is 842 g/mol. The highest BCUT2D eigenvalue weighted by Gasteiger charge is 2.40. The van der Waals surface area contributed by atoms with Gasteiger partial charge in [0.15, 0.2) is 11.3 Å². The first-order valence-electron chi connectivity index (χ1n) is 23.2. The van der Waals surface area contributed by atoms with Crippen molar-refractivity contribution >= 4 is 45.8 Å². The zero-order valence-corrected chi connectivity index (χ0v) is 37.2. The van der Waals surface area contributed by atoms with Gasteiger partial charge in [0, 0.05) is 108 Å². The predicted molar refractivity (Wildman–Crippen MR) is 248 cm³/mol. The van der Waals surface area contributed by atoms with Crippen LogP contribution in [0.3, 0.4) is 0 Å². The summed E-state index contributed by atoms with van der Waals surface area (Å²) in [6, 6.07) is 20.4. The minimum atomic E-state index is -0.999. The minimum Gasteiger partial charge on any atom is -0.385 e. The maximum absolute atomic E-state index is 13.5. The highest BCUT2D eigenvalue weighted by Crippen LogP contribution is 2.31. The third-order valence-electron chi connectivity index (χ3n) is 14.5. The van der Waals surface area contributed by atoms with Gasteiger partial charge in [0.05, 0.1) is 40.3 Å². The molecule has 4 saturated heterocycles. The monoisotopic (exact) mass is 895 g/mol. The second-order valence-electron chi connectivity index (χ2n) is 18.5. The number of anilines is 2. The Balaban J connectivity index is 0.641. The largest absolute Gasteiger partial charge is 0.385 e. The van der Waals surface area contributed by atoms with Crippen molar-refractivity contribution in [2.75, 3.05) is 69.6 Å². The topological polar surface area (TPSA) is 170 Å². The van der Waals surface area contributed by atoms with E-state index < -0.39 is 30.1 Å². The van der Waals surface area contributed by atoms with Gasteiger partial charge in [-0.25, -0.2) is 18.7 Å². The molecular formula is C48H54FN13O4. The number of carbonyl (C=O) groups excluding carboxylic acids is 3. The summed E-state index contributed by atoms with van der Waals surface area (Å²) >= 11 is 0. The van der Waals surface area contributed by atoms with Crippen molar-refractivity contribution < 1.29 is 18.8 Å². The molecule has 1 unspecified atom stereocenters. The van der Waals surface area contributed by atoms with Gasteiger partial charge < -0.3 is 15.5 Å². The Bertz CT molecular complexity index is 2890. The first-order valence-corrected chi connectivity index (χ1v) is 23.2. The van der Waals surface area contributed by atoms with Crippen LogP contribution in [0, 0.1) is 0 Å². The van der Waals surface area contributed by atoms with Gasteiger partial charge >= 0.3 is 5.69 Å². The van der Waals surface area contributed by atoms with Gasteiger partial charge in [0.2, 0.25) is 11.8 Å². The molecule has 0 spiro atoms. The SMILES string of the molecule is CNc1cc(-c2ccc(-c3ccc(CN4CCC(N5CC(N6CCN(c7ccc8c(c7)n(C)c(=O)n8C7CCC(=O)NC7=O)CC6)C5)CC4)cn3)cc2)nn2c(C(=O)N[C@@H]3C[C@@H]3F)cnc12. The quantitative estimate of drug-likeness (QED) is 0.162. The van der Waals surface area contributed by atoms with Gasteiger partial charge in [-0.15, -0.1) is 0 Å². The molecule has 4 aliphatic heterocycles. The number of pyridine rings is 1. The molecule has 342 valence electrons. The number of piperidine rings is 2. The Kier molecular flexibility index (Phi) is 10.9. The van der Waals surface area contributed by atoms with Crippen LogP contribution >= 0.6 is 0 Å². The fraction of sp³-hybridized carbons (Fsp3) is 0.438. The zero-order chi connectivity index (χ0) is 45.2. The van der Waals surface area contributed by atoms with E-state index in [4.69, 9.17) is 10.1 Å². The fourth-order valence-electron chi connectivity index (χ4n) is 10.3. The number of halogens is 1. The van der Waals surface area contributed by atoms with E-state index in [-0.39, 0.29) is 23.7 Å². The third-order valence-corrected chi connectivity index (χ3v) is 14.5. The third kappa shape index (κ3) is 7.89. The van der Waals surface area contributed by atoms with E-state index in [2.05, 4.69) is 64.8 Å². The number of alkyl halides is 1. The number of likely N-dealkylation sites (tertiary alicyclic amines) is 2. The standard InChI is InChI=1S/C48H54FN13O4/c1-50-39-23-37(55-62-43(25-52-45(39)62)47(65)53-38-22-35(38)49)31-6-4-30(5-7-31)36-9-3-29(24-51-36)26-57-15-13-32(14-16-57)60-27-34(28-60)59-19-17-58(18-20-59)33-8-10-40-42(21-33)56(2)48(66)61(40)41-11-12-44(63)54-46(41)64/h3-10,21,23-25,32,34-35,38,41,50H,11-20,22,26-28H2,1-2H3,(H,53,65)(H,54,63,64)/t35-,38+,41?/m0/s1. The molecule has 17 nitrogen and oxygen atoms in total. The second-order valence-corrected chi connectivity index (χ2v) is 18.5. The number of imidazole rings is 2. The van der Waals surface area contributed by atoms with Gasteiger partial charge in [-0.05, 0) is 68.2 Å². The number of imide groups is 1. The summed E-state index contributed by atoms with van der Waals surface area (Å²) in [5.41, 5.74) is 8.48. The summed E-state index contributed by atoms with van der Waals surface area (Å²) in [6.45, 7) is 9.09. The molecule has 3 atom stereocenters. The molecule has 2 aromatic carbocycles. The van der Waals surface area contributed by atoms with Crippen molar-refractivity contribution in [1.82, 2.24) is 54.0 Å². The predicted octanol–water partition coefficient (Wildman–Crippen LogP) is 3.44. The summed E-state index contributed by atoms with van der Waals surface area (Å²) in [5, 5.41) is 13.0. The molecule has 1 saturated carbocycles. The molecule has 6 aromatic rings. The number of hydrogen-bond acceptors (Lipinski definition) is 12. The summed E-state index contributed by atoms with van der Waals surface area (Å²) in [6.07, 6.45) is 5.68. The van der Waals surface area contributed by atoms with Gasteiger partial charge in [-0.1, -0.05) is 30.3 Å². The summed E-state index contributed by atoms with van der Waals surface area (Å²) < 4.78 is 18.1. The van der Waals surface area contributed by atoms with E-state index in [1.807, 2.05) is 42.6 Å². The van der Waals surface area contributed by atoms with E-state index >= 15 is 0 Å². The molecule has 5 aliphatic rings. The number of aryl methyl sites for hydroxylation is 1. The Morgan fingerprint density at radius 2 is 1.56 bits per heavy atom. The van der Waals surface area contributed by atoms with Crippen molar-refractivity contribution in [2.24, 2.45) is 7.05 Å². The Labute approximate surface area is 380 Å². The van der Waals surface area contributed by atoms with Crippen molar-refractivity contribution in [1.29, 1.82) is 0 Å². The van der Waals surface area contributed by atoms with Crippen LogP contribution in [-0.2, 0) is 23.2 Å². The van der Waals surface area contributed by atoms with Gasteiger partial charge in [0.1, 0.15) is 12.2 Å². The maximum Gasteiger partial charge on any atom is 0.329 e. The average molecular weight is 896 g/mol. The Morgan fingerprint density at radius 3 is 2.24 bits per heavy atom. The molecule has 5 fully saturated rings. The molecule has 8 heterocycles. The van der Waals surface area contributed by atoms with Crippen LogP contribution in [0.5, 0.6) is 0 Å². The molecule has 66 heavy (non-hydrogen) atoms. The number of piperazine rings is 1. The van der Waals surface area contributed by atoms with E-state index in [9.17, 15) is 23.6 Å². The lowest BCUT2D eigenvalue weighted by Gasteiger charge is -2.52. The Hall–Kier alpha value is -6.50. The maximum atomic E-state index is 13.5. The lowest BCUT2D eigenvalue weighted by Crippen LogP contribution is -2.65. The first-order chi connectivity index (χ1) is 32.1. The lowest BCUT2D eigenvalue weighted by molar-refractivity contribution is -0.135. The zero-order valence-electron chi connectivity index (χ0n) is 37.2. The number of aromatic nitrogens is 6. The molecule has 3 N–H and O–H groups in total. The summed E-state index contributed by atoms with van der Waals surface area (Å²) in [7, 11) is 3.54. The molecule has 1 aliphatic carbocycles. The number of hydrogen-bond donors (Lipinski definition) is 3. The van der Waals surface area contributed by atoms with Gasteiger partial charge in [-0.2, -0.15) is 5.10 Å². The fourth-order valence-corrected chi connectivity index (χ4v) is 10.3. The van der Waals surface area contributed by atoms with Crippen LogP contribution in [-0.4, -0.2) is 145 Å². The first kappa shape index (κ1) is 42.2. The average Bonchev–Trinajstić information content (AvgIpc) is 3.73. The number of nitrogens with one attached hydrogen (secondary N) is 3. The van der Waals surface area contributed by atoms with Gasteiger partial charge in [0.25, 0.3) is 5.91 Å². The van der Waals surface area contributed by atoms with Crippen LogP contribution < -0.4 is 26.5 Å². The summed E-state index contributed by atoms with van der Waals surface area (Å²) in [4.78, 5) is 70.0. The van der Waals surface area contributed by atoms with Crippen molar-refractivity contribution in [3.8, 4) is 22.5 Å². The van der Waals surface area contributed by atoms with Crippen LogP contribution in [0.4, 0.5) is 15.8 Å². The highest BCUT2D eigenvalue weighted by atomic mass is 19.1. The smallest absolute Gasteiger partial charge is 0.329 e. The number of rotatable bonds is 11. The van der Waals surface area contributed by atoms with Crippen LogP contribution in [0.15, 0.2) is 77.9 Å². The number of benzene rings is 2. The molecule has 0 radical (unpaired) electrons. The lowest BCUT2D eigenvalue weighted by atomic mass is 9.96. The second kappa shape index (κ2) is 17.1. The molecule has 18 heteroatoms. The van der Waals surface area contributed by atoms with Crippen molar-refractivity contribution in [3.05, 3.63) is 94.8 Å². The van der Waals surface area contributed by atoms with Crippen molar-refractivity contribution in [2.45, 2.75) is 69.0 Å². The number of nitrogens with zero attached hydrogens (tertiary/aromatic N) is 10. The normalized spacial score (nSPS) is 22.5. The van der Waals surface area contributed by atoms with E-state index in [1.54, 1.807) is 18.7 Å². The molecule has 4 aromatic heterocycles. The molecule has 11 rings (SSSR count). The number of amides is 3. The summed E-state index contributed by atoms with van der Waals surface area (Å²) in [5.74, 6) is -1.11. The van der Waals surface area contributed by atoms with Gasteiger partial charge in [-0.3, -0.25) is 48.5 Å². The molecule has 0 bridgehead atoms. The molecule has 3 amide bonds. The van der Waals surface area contributed by atoms with Crippen LogP contribution in [0.2, 0.25) is 0 Å². The van der Waals surface area contributed by atoms with E-state index in [0.717, 1.165) is 92.6 Å². The van der Waals surface area contributed by atoms with Crippen LogP contribution in [0.1, 0.15) is 54.2 Å². The number of fused-ring (bicyclic) bond motifs is 2. The van der Waals surface area contributed by atoms with Crippen LogP contribution in [0.25, 0.3) is 39.2 Å². The number of carbonyl (C=O) groups is 3. The Morgan fingerprint density at radius 1 is 0.818 bits per heavy atom. The van der Waals surface area contributed by atoms with Crippen molar-refractivity contribution in [3.63, 3.8) is 0 Å². The highest BCUT2D eigenvalue weighted by molar-refractivity contribution is 6.00.